The average molecular weight is 365 g/mol. The first-order chi connectivity index (χ1) is 11.5. The van der Waals surface area contributed by atoms with Crippen LogP contribution in [0.15, 0.2) is 51.7 Å². The monoisotopic (exact) mass is 364 g/mol. The summed E-state index contributed by atoms with van der Waals surface area (Å²) in [6.07, 6.45) is 0. The van der Waals surface area contributed by atoms with E-state index in [0.29, 0.717) is 21.6 Å². The van der Waals surface area contributed by atoms with Crippen LogP contribution >= 0.6 is 23.2 Å². The van der Waals surface area contributed by atoms with Gasteiger partial charge in [-0.25, -0.2) is 4.79 Å². The number of fused-ring (bicyclic) bond motifs is 1. The Morgan fingerprint density at radius 3 is 2.58 bits per heavy atom. The molecule has 0 aliphatic rings. The Labute approximate surface area is 146 Å². The fraction of sp³-hybridized carbons (Fsp3) is 0.0588. The van der Waals surface area contributed by atoms with Crippen molar-refractivity contribution in [2.75, 3.05) is 6.61 Å². The van der Waals surface area contributed by atoms with Gasteiger partial charge in [-0.1, -0.05) is 35.3 Å². The molecule has 1 heterocycles. The molecule has 7 heteroatoms. The van der Waals surface area contributed by atoms with Gasteiger partial charge in [-0.3, -0.25) is 4.79 Å². The van der Waals surface area contributed by atoms with Gasteiger partial charge in [-0.05, 0) is 30.3 Å². The molecule has 0 aliphatic heterocycles. The fourth-order valence-corrected chi connectivity index (χ4v) is 2.52. The molecule has 0 fully saturated rings. The second-order valence-corrected chi connectivity index (χ2v) is 5.71. The third-order valence-corrected chi connectivity index (χ3v) is 4.02. The topological polar surface area (TPSA) is 76.7 Å². The number of para-hydroxylation sites is 1. The van der Waals surface area contributed by atoms with E-state index in [-0.39, 0.29) is 16.5 Å². The highest BCUT2D eigenvalue weighted by molar-refractivity contribution is 6.42. The van der Waals surface area contributed by atoms with Gasteiger partial charge in [0.2, 0.25) is 11.2 Å². The molecule has 122 valence electrons. The van der Waals surface area contributed by atoms with Crippen LogP contribution in [0.1, 0.15) is 0 Å². The van der Waals surface area contributed by atoms with Gasteiger partial charge in [0.25, 0.3) is 0 Å². The molecule has 3 aromatic rings. The largest absolute Gasteiger partial charge is 0.479 e. The second kappa shape index (κ2) is 6.55. The lowest BCUT2D eigenvalue weighted by atomic mass is 10.1. The Hall–Kier alpha value is -2.50. The van der Waals surface area contributed by atoms with E-state index in [1.807, 2.05) is 0 Å². The zero-order valence-electron chi connectivity index (χ0n) is 12.1. The average Bonchev–Trinajstić information content (AvgIpc) is 2.56. The maximum absolute atomic E-state index is 12.7. The molecule has 1 aromatic heterocycles. The third-order valence-electron chi connectivity index (χ3n) is 3.28. The summed E-state index contributed by atoms with van der Waals surface area (Å²) in [5, 5.41) is 9.73. The van der Waals surface area contributed by atoms with E-state index in [9.17, 15) is 9.59 Å². The van der Waals surface area contributed by atoms with Crippen molar-refractivity contribution in [3.05, 3.63) is 62.7 Å². The molecular weight excluding hydrogens is 355 g/mol. The Bertz CT molecular complexity index is 994. The molecule has 0 spiro atoms. The molecule has 0 saturated carbocycles. The lowest BCUT2D eigenvalue weighted by Crippen LogP contribution is -2.16. The molecule has 0 aliphatic carbocycles. The Morgan fingerprint density at radius 1 is 1.12 bits per heavy atom. The summed E-state index contributed by atoms with van der Waals surface area (Å²) in [5.74, 6) is -1.30. The van der Waals surface area contributed by atoms with Crippen molar-refractivity contribution in [2.24, 2.45) is 0 Å². The summed E-state index contributed by atoms with van der Waals surface area (Å²) in [5.41, 5.74) is 0.345. The zero-order chi connectivity index (χ0) is 17.3. The van der Waals surface area contributed by atoms with Crippen molar-refractivity contribution in [2.45, 2.75) is 0 Å². The number of benzene rings is 2. The summed E-state index contributed by atoms with van der Waals surface area (Å²) in [4.78, 5) is 23.4. The SMILES string of the molecule is O=C(O)COc1c(-c2ccc(Cl)c(Cl)c2)oc2ccccc2c1=O. The summed E-state index contributed by atoms with van der Waals surface area (Å²) < 4.78 is 10.9. The van der Waals surface area contributed by atoms with E-state index in [1.165, 1.54) is 6.07 Å². The van der Waals surface area contributed by atoms with E-state index < -0.39 is 18.0 Å². The smallest absolute Gasteiger partial charge is 0.341 e. The normalized spacial score (nSPS) is 10.8. The van der Waals surface area contributed by atoms with Crippen molar-refractivity contribution in [3.8, 4) is 17.1 Å². The van der Waals surface area contributed by atoms with Crippen LogP contribution in [0.25, 0.3) is 22.3 Å². The number of hydrogen-bond acceptors (Lipinski definition) is 4. The lowest BCUT2D eigenvalue weighted by Gasteiger charge is -2.11. The van der Waals surface area contributed by atoms with E-state index >= 15 is 0 Å². The van der Waals surface area contributed by atoms with Crippen LogP contribution in [-0.4, -0.2) is 17.7 Å². The number of ether oxygens (including phenoxy) is 1. The Kier molecular flexibility index (Phi) is 4.46. The number of carboxylic acids is 1. The van der Waals surface area contributed by atoms with Gasteiger partial charge in [0.1, 0.15) is 5.58 Å². The van der Waals surface area contributed by atoms with Crippen LogP contribution in [0.4, 0.5) is 0 Å². The summed E-state index contributed by atoms with van der Waals surface area (Å²) in [7, 11) is 0. The standard InChI is InChI=1S/C17H10Cl2O5/c18-11-6-5-9(7-12(11)19)16-17(23-8-14(20)21)15(22)10-3-1-2-4-13(10)24-16/h1-7H,8H2,(H,20,21). The Balaban J connectivity index is 2.27. The second-order valence-electron chi connectivity index (χ2n) is 4.90. The van der Waals surface area contributed by atoms with Gasteiger partial charge in [0.15, 0.2) is 12.4 Å². The van der Waals surface area contributed by atoms with Crippen molar-refractivity contribution in [3.63, 3.8) is 0 Å². The molecule has 24 heavy (non-hydrogen) atoms. The van der Waals surface area contributed by atoms with Crippen LogP contribution < -0.4 is 10.2 Å². The molecule has 2 aromatic carbocycles. The highest BCUT2D eigenvalue weighted by atomic mass is 35.5. The number of rotatable bonds is 4. The van der Waals surface area contributed by atoms with Gasteiger partial charge in [0, 0.05) is 5.56 Å². The zero-order valence-corrected chi connectivity index (χ0v) is 13.6. The molecule has 0 radical (unpaired) electrons. The van der Waals surface area contributed by atoms with Gasteiger partial charge in [0.05, 0.1) is 15.4 Å². The minimum Gasteiger partial charge on any atom is -0.479 e. The summed E-state index contributed by atoms with van der Waals surface area (Å²) in [6.45, 7) is -0.669. The van der Waals surface area contributed by atoms with E-state index in [0.717, 1.165) is 0 Å². The van der Waals surface area contributed by atoms with Gasteiger partial charge in [-0.2, -0.15) is 0 Å². The molecule has 5 nitrogen and oxygen atoms in total. The van der Waals surface area contributed by atoms with Crippen molar-refractivity contribution in [1.29, 1.82) is 0 Å². The van der Waals surface area contributed by atoms with E-state index in [4.69, 9.17) is 37.5 Å². The molecule has 0 bridgehead atoms. The molecule has 0 amide bonds. The van der Waals surface area contributed by atoms with Crippen LogP contribution in [0, 0.1) is 0 Å². The number of hydrogen-bond donors (Lipinski definition) is 1. The summed E-state index contributed by atoms with van der Waals surface area (Å²) >= 11 is 11.9. The molecule has 3 rings (SSSR count). The highest BCUT2D eigenvalue weighted by Crippen LogP contribution is 2.34. The fourth-order valence-electron chi connectivity index (χ4n) is 2.22. The quantitative estimate of drug-likeness (QED) is 0.749. The molecular formula is C17H10Cl2O5. The first-order valence-corrected chi connectivity index (χ1v) is 7.59. The minimum absolute atomic E-state index is 0.0958. The molecule has 0 atom stereocenters. The minimum atomic E-state index is -1.21. The number of carboxylic acid groups (broad SMARTS) is 1. The first-order valence-electron chi connectivity index (χ1n) is 6.83. The third kappa shape index (κ3) is 3.09. The van der Waals surface area contributed by atoms with Gasteiger partial charge < -0.3 is 14.3 Å². The van der Waals surface area contributed by atoms with Crippen LogP contribution in [0.2, 0.25) is 10.0 Å². The number of carbonyl (C=O) groups is 1. The number of aliphatic carboxylic acids is 1. The maximum atomic E-state index is 12.7. The first kappa shape index (κ1) is 16.4. The molecule has 1 N–H and O–H groups in total. The van der Waals surface area contributed by atoms with Crippen molar-refractivity contribution < 1.29 is 19.1 Å². The van der Waals surface area contributed by atoms with Gasteiger partial charge in [-0.15, -0.1) is 0 Å². The van der Waals surface area contributed by atoms with Crippen LogP contribution in [0.5, 0.6) is 5.75 Å². The van der Waals surface area contributed by atoms with Crippen LogP contribution in [-0.2, 0) is 4.79 Å². The Morgan fingerprint density at radius 2 is 1.88 bits per heavy atom. The predicted octanol–water partition coefficient (Wildman–Crippen LogP) is 4.23. The molecule has 0 unspecified atom stereocenters. The number of halogens is 2. The lowest BCUT2D eigenvalue weighted by molar-refractivity contribution is -0.139. The van der Waals surface area contributed by atoms with E-state index in [2.05, 4.69) is 0 Å². The molecule has 0 saturated heterocycles. The van der Waals surface area contributed by atoms with E-state index in [1.54, 1.807) is 36.4 Å². The highest BCUT2D eigenvalue weighted by Gasteiger charge is 2.19. The predicted molar refractivity (Wildman–Crippen MR) is 91.1 cm³/mol. The van der Waals surface area contributed by atoms with Gasteiger partial charge >= 0.3 is 5.97 Å². The van der Waals surface area contributed by atoms with Crippen molar-refractivity contribution in [1.82, 2.24) is 0 Å². The van der Waals surface area contributed by atoms with Crippen LogP contribution in [0.3, 0.4) is 0 Å². The van der Waals surface area contributed by atoms with Crippen molar-refractivity contribution >= 4 is 40.1 Å². The summed E-state index contributed by atoms with van der Waals surface area (Å²) in [6, 6.07) is 11.3. The maximum Gasteiger partial charge on any atom is 0.341 e.